The zero-order valence-corrected chi connectivity index (χ0v) is 9.19. The molecule has 0 fully saturated rings. The molecule has 1 N–H and O–H groups in total. The minimum Gasteiger partial charge on any atom is -0.469 e. The summed E-state index contributed by atoms with van der Waals surface area (Å²) in [6.45, 7) is 2.35. The Morgan fingerprint density at radius 1 is 1.27 bits per heavy atom. The van der Waals surface area contributed by atoms with E-state index in [-0.39, 0.29) is 12.8 Å². The smallest absolute Gasteiger partial charge is 0.308 e. The molecule has 0 rings (SSSR count). The van der Waals surface area contributed by atoms with E-state index >= 15 is 0 Å². The number of hydrogen-bond donors (Lipinski definition) is 1. The lowest BCUT2D eigenvalue weighted by Crippen LogP contribution is -2.20. The second-order valence-electron chi connectivity index (χ2n) is 3.21. The van der Waals surface area contributed by atoms with Crippen LogP contribution in [0.15, 0.2) is 0 Å². The van der Waals surface area contributed by atoms with Gasteiger partial charge in [-0.25, -0.2) is 0 Å². The fourth-order valence-electron chi connectivity index (χ4n) is 0.930. The van der Waals surface area contributed by atoms with Crippen molar-refractivity contribution in [2.45, 2.75) is 38.7 Å². The van der Waals surface area contributed by atoms with E-state index in [1.54, 1.807) is 0 Å². The number of aliphatic hydroxyl groups excluding tert-OH is 1. The maximum atomic E-state index is 11.1. The van der Waals surface area contributed by atoms with E-state index in [1.165, 1.54) is 7.11 Å². The number of methoxy groups -OCH3 is 1. The van der Waals surface area contributed by atoms with Gasteiger partial charge in [0.15, 0.2) is 0 Å². The van der Waals surface area contributed by atoms with Crippen LogP contribution < -0.4 is 0 Å². The molecule has 0 radical (unpaired) electrons. The van der Waals surface area contributed by atoms with Crippen molar-refractivity contribution >= 4 is 11.9 Å². The summed E-state index contributed by atoms with van der Waals surface area (Å²) in [5.74, 6) is -1.02. The van der Waals surface area contributed by atoms with Gasteiger partial charge in [0.25, 0.3) is 0 Å². The first kappa shape index (κ1) is 13.9. The van der Waals surface area contributed by atoms with Crippen LogP contribution >= 0.6 is 0 Å². The zero-order chi connectivity index (χ0) is 11.7. The Balaban J connectivity index is 3.62. The Kier molecular flexibility index (Phi) is 7.62. The minimum atomic E-state index is -1.02. The Bertz CT molecular complexity index is 202. The van der Waals surface area contributed by atoms with Crippen molar-refractivity contribution in [2.75, 3.05) is 13.7 Å². The first-order valence-corrected chi connectivity index (χ1v) is 5.00. The summed E-state index contributed by atoms with van der Waals surface area (Å²) in [6.07, 6.45) is 0.376. The molecule has 88 valence electrons. The lowest BCUT2D eigenvalue weighted by molar-refractivity contribution is -0.148. The Morgan fingerprint density at radius 2 is 1.87 bits per heavy atom. The summed E-state index contributed by atoms with van der Waals surface area (Å²) in [6, 6.07) is 0. The third-order valence-electron chi connectivity index (χ3n) is 1.79. The lowest BCUT2D eigenvalue weighted by Gasteiger charge is -2.08. The van der Waals surface area contributed by atoms with Crippen LogP contribution in [0.1, 0.15) is 32.6 Å². The van der Waals surface area contributed by atoms with Gasteiger partial charge in [0.2, 0.25) is 0 Å². The highest BCUT2D eigenvalue weighted by Gasteiger charge is 2.15. The predicted octanol–water partition coefficient (Wildman–Crippen LogP) is 0.644. The number of carbonyl (C=O) groups excluding carboxylic acids is 2. The highest BCUT2D eigenvalue weighted by molar-refractivity contribution is 5.73. The fourth-order valence-corrected chi connectivity index (χ4v) is 0.930. The molecule has 0 aliphatic carbocycles. The third kappa shape index (κ3) is 7.93. The van der Waals surface area contributed by atoms with E-state index in [9.17, 15) is 14.7 Å². The van der Waals surface area contributed by atoms with E-state index in [2.05, 4.69) is 4.74 Å². The molecule has 0 aromatic heterocycles. The van der Waals surface area contributed by atoms with Gasteiger partial charge in [-0.1, -0.05) is 13.3 Å². The number of unbranched alkanes of at least 4 members (excludes halogenated alkanes) is 1. The van der Waals surface area contributed by atoms with E-state index < -0.39 is 18.0 Å². The zero-order valence-electron chi connectivity index (χ0n) is 9.19. The highest BCUT2D eigenvalue weighted by Crippen LogP contribution is 2.02. The standard InChI is InChI=1S/C10H18O5/c1-3-4-5-15-10(13)7-8(11)6-9(12)14-2/h8,11H,3-7H2,1-2H3/t8-/m1/s1. The molecule has 0 aromatic carbocycles. The molecule has 0 aromatic rings. The SMILES string of the molecule is CCCCOC(=O)C[C@H](O)CC(=O)OC. The molecule has 0 spiro atoms. The van der Waals surface area contributed by atoms with Gasteiger partial charge in [0, 0.05) is 0 Å². The molecule has 0 amide bonds. The van der Waals surface area contributed by atoms with Crippen LogP contribution in [0, 0.1) is 0 Å². The molecule has 0 saturated carbocycles. The van der Waals surface area contributed by atoms with Crippen molar-refractivity contribution in [3.05, 3.63) is 0 Å². The van der Waals surface area contributed by atoms with Crippen LogP contribution in [-0.2, 0) is 19.1 Å². The molecule has 0 aliphatic rings. The molecule has 5 nitrogen and oxygen atoms in total. The number of rotatable bonds is 7. The van der Waals surface area contributed by atoms with Gasteiger partial charge < -0.3 is 14.6 Å². The number of hydrogen-bond acceptors (Lipinski definition) is 5. The summed E-state index contributed by atoms with van der Waals surface area (Å²) in [5.41, 5.74) is 0. The summed E-state index contributed by atoms with van der Waals surface area (Å²) < 4.78 is 9.17. The van der Waals surface area contributed by atoms with Gasteiger partial charge in [0.1, 0.15) is 0 Å². The molecule has 0 aliphatic heterocycles. The largest absolute Gasteiger partial charge is 0.469 e. The van der Waals surface area contributed by atoms with Crippen LogP contribution in [0.2, 0.25) is 0 Å². The van der Waals surface area contributed by atoms with Crippen molar-refractivity contribution in [2.24, 2.45) is 0 Å². The third-order valence-corrected chi connectivity index (χ3v) is 1.79. The number of ether oxygens (including phenoxy) is 2. The summed E-state index contributed by atoms with van der Waals surface area (Å²) in [5, 5.41) is 9.28. The number of carbonyl (C=O) groups is 2. The molecule has 0 unspecified atom stereocenters. The van der Waals surface area contributed by atoms with Crippen molar-refractivity contribution < 1.29 is 24.2 Å². The van der Waals surface area contributed by atoms with Crippen LogP contribution in [0.5, 0.6) is 0 Å². The average Bonchev–Trinajstić information content (AvgIpc) is 2.17. The van der Waals surface area contributed by atoms with Gasteiger partial charge in [-0.2, -0.15) is 0 Å². The van der Waals surface area contributed by atoms with Crippen LogP contribution in [0.4, 0.5) is 0 Å². The van der Waals surface area contributed by atoms with Gasteiger partial charge in [-0.3, -0.25) is 9.59 Å². The molecular weight excluding hydrogens is 200 g/mol. The second-order valence-corrected chi connectivity index (χ2v) is 3.21. The Hall–Kier alpha value is -1.10. The van der Waals surface area contributed by atoms with Crippen molar-refractivity contribution in [1.82, 2.24) is 0 Å². The fraction of sp³-hybridized carbons (Fsp3) is 0.800. The maximum Gasteiger partial charge on any atom is 0.308 e. The predicted molar refractivity (Wildman–Crippen MR) is 53.1 cm³/mol. The Labute approximate surface area is 89.4 Å². The van der Waals surface area contributed by atoms with E-state index in [0.29, 0.717) is 6.61 Å². The summed E-state index contributed by atoms with van der Waals surface area (Å²) in [7, 11) is 1.23. The number of esters is 2. The molecule has 1 atom stereocenters. The average molecular weight is 218 g/mol. The number of aliphatic hydroxyl groups is 1. The molecule has 5 heteroatoms. The summed E-state index contributed by atoms with van der Waals surface area (Å²) in [4.78, 5) is 21.8. The van der Waals surface area contributed by atoms with Gasteiger partial charge in [-0.05, 0) is 6.42 Å². The first-order chi connectivity index (χ1) is 7.10. The van der Waals surface area contributed by atoms with Crippen LogP contribution in [0.3, 0.4) is 0 Å². The monoisotopic (exact) mass is 218 g/mol. The van der Waals surface area contributed by atoms with Crippen LogP contribution in [-0.4, -0.2) is 36.9 Å². The molecule has 0 saturated heterocycles. The Morgan fingerprint density at radius 3 is 2.40 bits per heavy atom. The maximum absolute atomic E-state index is 11.1. The molecule has 0 heterocycles. The molecule has 15 heavy (non-hydrogen) atoms. The quantitative estimate of drug-likeness (QED) is 0.501. The second kappa shape index (κ2) is 8.23. The van der Waals surface area contributed by atoms with Gasteiger partial charge >= 0.3 is 11.9 Å². The van der Waals surface area contributed by atoms with Gasteiger partial charge in [0.05, 0.1) is 32.7 Å². The van der Waals surface area contributed by atoms with Gasteiger partial charge in [-0.15, -0.1) is 0 Å². The first-order valence-electron chi connectivity index (χ1n) is 5.00. The topological polar surface area (TPSA) is 72.8 Å². The van der Waals surface area contributed by atoms with Crippen molar-refractivity contribution in [3.63, 3.8) is 0 Å². The summed E-state index contributed by atoms with van der Waals surface area (Å²) >= 11 is 0. The van der Waals surface area contributed by atoms with Crippen molar-refractivity contribution in [3.8, 4) is 0 Å². The highest BCUT2D eigenvalue weighted by atomic mass is 16.5. The molecular formula is C10H18O5. The minimum absolute atomic E-state index is 0.168. The van der Waals surface area contributed by atoms with E-state index in [1.807, 2.05) is 6.92 Å². The molecule has 0 bridgehead atoms. The normalized spacial score (nSPS) is 11.9. The van der Waals surface area contributed by atoms with E-state index in [4.69, 9.17) is 4.74 Å². The van der Waals surface area contributed by atoms with E-state index in [0.717, 1.165) is 12.8 Å². The van der Waals surface area contributed by atoms with Crippen molar-refractivity contribution in [1.29, 1.82) is 0 Å². The lowest BCUT2D eigenvalue weighted by atomic mass is 10.2. The van der Waals surface area contributed by atoms with Crippen LogP contribution in [0.25, 0.3) is 0 Å².